The van der Waals surface area contributed by atoms with Crippen molar-refractivity contribution in [3.63, 3.8) is 0 Å². The number of thioether (sulfide) groups is 1. The Bertz CT molecular complexity index is 803. The molecule has 0 unspecified atom stereocenters. The van der Waals surface area contributed by atoms with Crippen molar-refractivity contribution in [1.29, 1.82) is 0 Å². The predicted molar refractivity (Wildman–Crippen MR) is 98.4 cm³/mol. The summed E-state index contributed by atoms with van der Waals surface area (Å²) in [6.45, 7) is -0.281. The van der Waals surface area contributed by atoms with Crippen molar-refractivity contribution in [3.05, 3.63) is 46.3 Å². The molecule has 0 aliphatic rings. The average Bonchev–Trinajstić information content (AvgIpc) is 3.00. The van der Waals surface area contributed by atoms with Gasteiger partial charge in [-0.3, -0.25) is 4.79 Å². The molecule has 0 spiro atoms. The molecule has 9 heteroatoms. The lowest BCUT2D eigenvalue weighted by atomic mass is 10.1. The summed E-state index contributed by atoms with van der Waals surface area (Å²) in [7, 11) is 2.41. The van der Waals surface area contributed by atoms with E-state index >= 15 is 0 Å². The summed E-state index contributed by atoms with van der Waals surface area (Å²) in [4.78, 5) is 36.9. The zero-order valence-electron chi connectivity index (χ0n) is 14.1. The number of carbonyl (C=O) groups is 3. The van der Waals surface area contributed by atoms with E-state index in [0.29, 0.717) is 0 Å². The summed E-state index contributed by atoms with van der Waals surface area (Å²) in [5.41, 5.74) is 6.02. The minimum Gasteiger partial charge on any atom is -0.465 e. The van der Waals surface area contributed by atoms with Crippen molar-refractivity contribution in [3.8, 4) is 0 Å². The molecule has 0 amide bonds. The van der Waals surface area contributed by atoms with Crippen LogP contribution in [0.2, 0.25) is 0 Å². The molecule has 7 nitrogen and oxygen atoms in total. The van der Waals surface area contributed by atoms with Crippen molar-refractivity contribution in [2.24, 2.45) is 0 Å². The molecule has 0 saturated carbocycles. The van der Waals surface area contributed by atoms with Crippen LogP contribution in [0.5, 0.6) is 0 Å². The van der Waals surface area contributed by atoms with Gasteiger partial charge in [0.1, 0.15) is 22.0 Å². The first-order valence-corrected chi connectivity index (χ1v) is 9.19. The van der Waals surface area contributed by atoms with Crippen LogP contribution < -0.4 is 5.73 Å². The number of methoxy groups -OCH3 is 2. The molecule has 0 aliphatic heterocycles. The van der Waals surface area contributed by atoms with E-state index in [2.05, 4.69) is 4.74 Å². The number of rotatable bonds is 7. The smallest absolute Gasteiger partial charge is 0.348 e. The van der Waals surface area contributed by atoms with Gasteiger partial charge in [-0.2, -0.15) is 0 Å². The van der Waals surface area contributed by atoms with Gasteiger partial charge >= 0.3 is 17.9 Å². The predicted octanol–water partition coefficient (Wildman–Crippen LogP) is 2.74. The Morgan fingerprint density at radius 1 is 1.08 bits per heavy atom. The number of nitrogen functional groups attached to an aromatic ring is 1. The van der Waals surface area contributed by atoms with Gasteiger partial charge in [0.05, 0.1) is 20.0 Å². The molecule has 1 heterocycles. The Morgan fingerprint density at radius 3 is 2.35 bits per heavy atom. The van der Waals surface area contributed by atoms with E-state index in [9.17, 15) is 14.4 Å². The maximum Gasteiger partial charge on any atom is 0.348 e. The molecule has 2 N–H and O–H groups in total. The molecule has 26 heavy (non-hydrogen) atoms. The lowest BCUT2D eigenvalue weighted by Gasteiger charge is -2.08. The topological polar surface area (TPSA) is 105 Å². The molecule has 0 aliphatic carbocycles. The quantitative estimate of drug-likeness (QED) is 0.433. The normalized spacial score (nSPS) is 10.2. The van der Waals surface area contributed by atoms with E-state index in [1.807, 2.05) is 30.3 Å². The van der Waals surface area contributed by atoms with Gasteiger partial charge in [0, 0.05) is 10.5 Å². The summed E-state index contributed by atoms with van der Waals surface area (Å²) in [6, 6.07) is 9.37. The van der Waals surface area contributed by atoms with Crippen molar-refractivity contribution in [2.75, 3.05) is 25.7 Å². The van der Waals surface area contributed by atoms with Gasteiger partial charge in [-0.1, -0.05) is 18.2 Å². The van der Waals surface area contributed by atoms with E-state index < -0.39 is 17.9 Å². The highest BCUT2D eigenvalue weighted by Gasteiger charge is 2.28. The molecule has 1 aromatic carbocycles. The first-order valence-electron chi connectivity index (χ1n) is 7.39. The van der Waals surface area contributed by atoms with Gasteiger partial charge in [0.2, 0.25) is 0 Å². The molecule has 2 rings (SSSR count). The second kappa shape index (κ2) is 9.25. The second-order valence-corrected chi connectivity index (χ2v) is 7.00. The molecule has 0 atom stereocenters. The lowest BCUT2D eigenvalue weighted by molar-refractivity contribution is -0.141. The minimum absolute atomic E-state index is 0.0152. The van der Waals surface area contributed by atoms with E-state index in [0.717, 1.165) is 16.2 Å². The molecule has 0 radical (unpaired) electrons. The number of anilines is 1. The number of nitrogens with two attached hydrogens (primary N) is 1. The molecular weight excluding hydrogens is 378 g/mol. The number of benzene rings is 1. The average molecular weight is 395 g/mol. The molecule has 0 saturated heterocycles. The number of hydrogen-bond donors (Lipinski definition) is 1. The van der Waals surface area contributed by atoms with Crippen molar-refractivity contribution < 1.29 is 28.6 Å². The summed E-state index contributed by atoms with van der Waals surface area (Å²) in [5.74, 6) is -1.78. The van der Waals surface area contributed by atoms with Crippen molar-refractivity contribution in [2.45, 2.75) is 11.5 Å². The Balaban J connectivity index is 2.10. The van der Waals surface area contributed by atoms with Crippen LogP contribution in [-0.4, -0.2) is 37.9 Å². The van der Waals surface area contributed by atoms with Crippen LogP contribution in [0.1, 0.15) is 25.6 Å². The first kappa shape index (κ1) is 19.8. The molecule has 2 aromatic rings. The zero-order chi connectivity index (χ0) is 19.1. The van der Waals surface area contributed by atoms with Crippen molar-refractivity contribution in [1.82, 2.24) is 0 Å². The van der Waals surface area contributed by atoms with Gasteiger partial charge < -0.3 is 19.9 Å². The largest absolute Gasteiger partial charge is 0.465 e. The summed E-state index contributed by atoms with van der Waals surface area (Å²) < 4.78 is 14.6. The molecule has 1 aromatic heterocycles. The number of thiophene rings is 1. The Morgan fingerprint density at radius 2 is 1.73 bits per heavy atom. The Hall–Kier alpha value is -2.52. The third kappa shape index (κ3) is 4.77. The SMILES string of the molecule is COC(=O)c1sc(N)c(C(=O)OC)c1COC(=O)CSc1ccccc1. The monoisotopic (exact) mass is 395 g/mol. The van der Waals surface area contributed by atoms with Crippen LogP contribution in [0, 0.1) is 0 Å². The molecule has 0 fully saturated rings. The van der Waals surface area contributed by atoms with Crippen LogP contribution >= 0.6 is 23.1 Å². The van der Waals surface area contributed by atoms with Crippen LogP contribution in [0.15, 0.2) is 35.2 Å². The van der Waals surface area contributed by atoms with Crippen LogP contribution in [-0.2, 0) is 25.6 Å². The van der Waals surface area contributed by atoms with Gasteiger partial charge in [-0.05, 0) is 12.1 Å². The number of esters is 3. The zero-order valence-corrected chi connectivity index (χ0v) is 15.8. The Labute approximate surface area is 158 Å². The van der Waals surface area contributed by atoms with Gasteiger partial charge in [0.15, 0.2) is 0 Å². The standard InChI is InChI=1S/C17H17NO6S2/c1-22-16(20)13-11(14(17(21)23-2)26-15(13)18)8-24-12(19)9-25-10-6-4-3-5-7-10/h3-7H,8-9,18H2,1-2H3. The fourth-order valence-electron chi connectivity index (χ4n) is 2.06. The Kier molecular flexibility index (Phi) is 7.05. The fourth-order valence-corrected chi connectivity index (χ4v) is 3.76. The van der Waals surface area contributed by atoms with E-state index in [4.69, 9.17) is 15.2 Å². The summed E-state index contributed by atoms with van der Waals surface area (Å²) >= 11 is 2.20. The van der Waals surface area contributed by atoms with E-state index in [1.54, 1.807) is 0 Å². The number of hydrogen-bond acceptors (Lipinski definition) is 9. The van der Waals surface area contributed by atoms with E-state index in [1.165, 1.54) is 26.0 Å². The van der Waals surface area contributed by atoms with Gasteiger partial charge in [-0.25, -0.2) is 9.59 Å². The van der Waals surface area contributed by atoms with Gasteiger partial charge in [-0.15, -0.1) is 23.1 Å². The van der Waals surface area contributed by atoms with Crippen LogP contribution in [0.3, 0.4) is 0 Å². The minimum atomic E-state index is -0.710. The third-order valence-electron chi connectivity index (χ3n) is 3.27. The van der Waals surface area contributed by atoms with Crippen molar-refractivity contribution >= 4 is 46.0 Å². The van der Waals surface area contributed by atoms with Crippen LogP contribution in [0.4, 0.5) is 5.00 Å². The summed E-state index contributed by atoms with van der Waals surface area (Å²) in [5, 5.41) is 0.0990. The lowest BCUT2D eigenvalue weighted by Crippen LogP contribution is -2.13. The maximum absolute atomic E-state index is 12.0. The van der Waals surface area contributed by atoms with Gasteiger partial charge in [0.25, 0.3) is 0 Å². The molecular formula is C17H17NO6S2. The maximum atomic E-state index is 12.0. The first-order chi connectivity index (χ1) is 12.5. The third-order valence-corrected chi connectivity index (χ3v) is 5.30. The van der Waals surface area contributed by atoms with Crippen LogP contribution in [0.25, 0.3) is 0 Å². The fraction of sp³-hybridized carbons (Fsp3) is 0.235. The number of carbonyl (C=O) groups excluding carboxylic acids is 3. The highest BCUT2D eigenvalue weighted by Crippen LogP contribution is 2.33. The second-order valence-electron chi connectivity index (χ2n) is 4.89. The molecule has 138 valence electrons. The number of ether oxygens (including phenoxy) is 3. The summed E-state index contributed by atoms with van der Waals surface area (Å²) in [6.07, 6.45) is 0. The highest BCUT2D eigenvalue weighted by atomic mass is 32.2. The van der Waals surface area contributed by atoms with E-state index in [-0.39, 0.29) is 33.4 Å². The highest BCUT2D eigenvalue weighted by molar-refractivity contribution is 8.00. The molecule has 0 bridgehead atoms.